The molecule has 3 nitrogen and oxygen atoms in total. The highest BCUT2D eigenvalue weighted by Crippen LogP contribution is 2.32. The van der Waals surface area contributed by atoms with Crippen LogP contribution in [0.4, 0.5) is 18.9 Å². The van der Waals surface area contributed by atoms with Crippen LogP contribution in [0.15, 0.2) is 30.5 Å². The number of nitrogens with zero attached hydrogens (tertiary/aromatic N) is 1. The van der Waals surface area contributed by atoms with Crippen molar-refractivity contribution < 1.29 is 17.9 Å². The van der Waals surface area contributed by atoms with Crippen LogP contribution in [0.2, 0.25) is 0 Å². The third-order valence-corrected chi connectivity index (χ3v) is 2.55. The summed E-state index contributed by atoms with van der Waals surface area (Å²) in [4.78, 5) is 4.05. The Kier molecular flexibility index (Phi) is 3.02. The summed E-state index contributed by atoms with van der Waals surface area (Å²) in [5.41, 5.74) is 6.55. The number of fused-ring (bicyclic) bond motifs is 1. The van der Waals surface area contributed by atoms with Crippen LogP contribution in [-0.2, 0) is 0 Å². The average molecular weight is 256 g/mol. The number of benzene rings is 1. The van der Waals surface area contributed by atoms with Crippen LogP contribution < -0.4 is 10.5 Å². The zero-order chi connectivity index (χ0) is 13.3. The summed E-state index contributed by atoms with van der Waals surface area (Å²) in [5.74, 6) is 0.0142. The van der Waals surface area contributed by atoms with Gasteiger partial charge in [0.2, 0.25) is 0 Å². The Morgan fingerprint density at radius 3 is 2.67 bits per heavy atom. The lowest BCUT2D eigenvalue weighted by Crippen LogP contribution is -2.31. The Labute approximate surface area is 101 Å². The molecule has 0 saturated carbocycles. The number of alkyl halides is 3. The van der Waals surface area contributed by atoms with Gasteiger partial charge in [0.1, 0.15) is 5.75 Å². The van der Waals surface area contributed by atoms with Gasteiger partial charge in [-0.05, 0) is 31.2 Å². The molecule has 18 heavy (non-hydrogen) atoms. The highest BCUT2D eigenvalue weighted by atomic mass is 19.4. The summed E-state index contributed by atoms with van der Waals surface area (Å²) in [6.07, 6.45) is -4.74. The van der Waals surface area contributed by atoms with Gasteiger partial charge in [-0.3, -0.25) is 4.98 Å². The number of aromatic nitrogens is 1. The monoisotopic (exact) mass is 256 g/mol. The first-order chi connectivity index (χ1) is 8.39. The van der Waals surface area contributed by atoms with Gasteiger partial charge in [0.25, 0.3) is 0 Å². The van der Waals surface area contributed by atoms with E-state index in [1.54, 1.807) is 24.4 Å². The molecule has 0 radical (unpaired) electrons. The largest absolute Gasteiger partial charge is 0.479 e. The molecular weight excluding hydrogens is 245 g/mol. The average Bonchev–Trinajstić information content (AvgIpc) is 2.32. The van der Waals surface area contributed by atoms with Gasteiger partial charge in [0.05, 0.1) is 11.2 Å². The van der Waals surface area contributed by atoms with Gasteiger partial charge in [0, 0.05) is 11.6 Å². The fourth-order valence-electron chi connectivity index (χ4n) is 1.52. The lowest BCUT2D eigenvalue weighted by molar-refractivity contribution is -0.189. The number of halogens is 3. The van der Waals surface area contributed by atoms with Crippen LogP contribution in [0, 0.1) is 0 Å². The molecule has 0 aliphatic carbocycles. The summed E-state index contributed by atoms with van der Waals surface area (Å²) in [6, 6.07) is 6.31. The fraction of sp³-hybridized carbons (Fsp3) is 0.250. The molecule has 0 aliphatic heterocycles. The van der Waals surface area contributed by atoms with E-state index in [1.165, 1.54) is 6.07 Å². The molecule has 0 fully saturated rings. The molecule has 2 aromatic rings. The standard InChI is InChI=1S/C12H11F3N2O/c1-7(12(13,14)15)18-10-5-4-9-8(11(10)16)3-2-6-17-9/h2-7H,16H2,1H3. The minimum absolute atomic E-state index is 0.0142. The Morgan fingerprint density at radius 2 is 2.00 bits per heavy atom. The second-order valence-electron chi connectivity index (χ2n) is 3.85. The lowest BCUT2D eigenvalue weighted by atomic mass is 10.1. The van der Waals surface area contributed by atoms with Crippen LogP contribution in [0.5, 0.6) is 5.75 Å². The van der Waals surface area contributed by atoms with Crippen LogP contribution in [0.25, 0.3) is 10.9 Å². The predicted octanol–water partition coefficient (Wildman–Crippen LogP) is 3.15. The van der Waals surface area contributed by atoms with Gasteiger partial charge in [-0.2, -0.15) is 13.2 Å². The van der Waals surface area contributed by atoms with Crippen LogP contribution in [0.1, 0.15) is 6.92 Å². The van der Waals surface area contributed by atoms with Gasteiger partial charge >= 0.3 is 6.18 Å². The first-order valence-corrected chi connectivity index (χ1v) is 5.26. The molecule has 0 amide bonds. The van der Waals surface area contributed by atoms with E-state index in [1.807, 2.05) is 0 Å². The smallest absolute Gasteiger partial charge is 0.425 e. The van der Waals surface area contributed by atoms with Crippen molar-refractivity contribution in [1.29, 1.82) is 0 Å². The summed E-state index contributed by atoms with van der Waals surface area (Å²) < 4.78 is 42.0. The van der Waals surface area contributed by atoms with Gasteiger partial charge in [0.15, 0.2) is 6.10 Å². The van der Waals surface area contributed by atoms with Crippen molar-refractivity contribution in [2.45, 2.75) is 19.2 Å². The molecule has 1 unspecified atom stereocenters. The molecule has 1 atom stereocenters. The fourth-order valence-corrected chi connectivity index (χ4v) is 1.52. The highest BCUT2D eigenvalue weighted by Gasteiger charge is 2.38. The predicted molar refractivity (Wildman–Crippen MR) is 62.3 cm³/mol. The van der Waals surface area contributed by atoms with Crippen LogP contribution >= 0.6 is 0 Å². The van der Waals surface area contributed by atoms with E-state index in [9.17, 15) is 13.2 Å². The van der Waals surface area contributed by atoms with E-state index in [4.69, 9.17) is 10.5 Å². The molecule has 0 bridgehead atoms. The van der Waals surface area contributed by atoms with Crippen molar-refractivity contribution in [3.63, 3.8) is 0 Å². The quantitative estimate of drug-likeness (QED) is 0.840. The van der Waals surface area contributed by atoms with E-state index in [0.29, 0.717) is 10.9 Å². The Balaban J connectivity index is 2.38. The molecule has 1 aromatic carbocycles. The first kappa shape index (κ1) is 12.5. The molecule has 1 heterocycles. The van der Waals surface area contributed by atoms with Crippen molar-refractivity contribution in [2.24, 2.45) is 0 Å². The summed E-state index contributed by atoms with van der Waals surface area (Å²) in [6.45, 7) is 0.937. The first-order valence-electron chi connectivity index (χ1n) is 5.26. The van der Waals surface area contributed by atoms with Crippen molar-refractivity contribution in [1.82, 2.24) is 4.98 Å². The van der Waals surface area contributed by atoms with Crippen molar-refractivity contribution in [2.75, 3.05) is 5.73 Å². The number of hydrogen-bond acceptors (Lipinski definition) is 3. The topological polar surface area (TPSA) is 48.1 Å². The van der Waals surface area contributed by atoms with Gasteiger partial charge in [-0.1, -0.05) is 0 Å². The van der Waals surface area contributed by atoms with E-state index in [-0.39, 0.29) is 11.4 Å². The molecule has 0 spiro atoms. The number of hydrogen-bond donors (Lipinski definition) is 1. The third-order valence-electron chi connectivity index (χ3n) is 2.55. The molecule has 2 rings (SSSR count). The number of ether oxygens (including phenoxy) is 1. The summed E-state index contributed by atoms with van der Waals surface area (Å²) in [7, 11) is 0. The van der Waals surface area contributed by atoms with E-state index >= 15 is 0 Å². The Morgan fingerprint density at radius 1 is 1.28 bits per heavy atom. The number of rotatable bonds is 2. The molecule has 0 aliphatic rings. The minimum atomic E-state index is -4.42. The van der Waals surface area contributed by atoms with E-state index in [2.05, 4.69) is 4.98 Å². The SMILES string of the molecule is CC(Oc1ccc2ncccc2c1N)C(F)(F)F. The van der Waals surface area contributed by atoms with Crippen LogP contribution in [0.3, 0.4) is 0 Å². The van der Waals surface area contributed by atoms with E-state index < -0.39 is 12.3 Å². The number of nitrogens with two attached hydrogens (primary N) is 1. The molecule has 96 valence electrons. The number of nitrogen functional groups attached to an aromatic ring is 1. The Hall–Kier alpha value is -1.98. The van der Waals surface area contributed by atoms with Gasteiger partial charge in [-0.15, -0.1) is 0 Å². The second-order valence-corrected chi connectivity index (χ2v) is 3.85. The lowest BCUT2D eigenvalue weighted by Gasteiger charge is -2.19. The maximum Gasteiger partial charge on any atom is 0.425 e. The summed E-state index contributed by atoms with van der Waals surface area (Å²) >= 11 is 0. The van der Waals surface area contributed by atoms with Crippen molar-refractivity contribution in [3.05, 3.63) is 30.5 Å². The van der Waals surface area contributed by atoms with Gasteiger partial charge < -0.3 is 10.5 Å². The zero-order valence-electron chi connectivity index (χ0n) is 9.53. The maximum absolute atomic E-state index is 12.4. The van der Waals surface area contributed by atoms with Crippen molar-refractivity contribution >= 4 is 16.6 Å². The molecule has 6 heteroatoms. The summed E-state index contributed by atoms with van der Waals surface area (Å²) in [5, 5.41) is 0.573. The minimum Gasteiger partial charge on any atom is -0.479 e. The van der Waals surface area contributed by atoms with Crippen molar-refractivity contribution in [3.8, 4) is 5.75 Å². The Bertz CT molecular complexity index is 569. The maximum atomic E-state index is 12.4. The number of anilines is 1. The third kappa shape index (κ3) is 2.32. The highest BCUT2D eigenvalue weighted by molar-refractivity contribution is 5.93. The second kappa shape index (κ2) is 4.36. The normalized spacial score (nSPS) is 13.6. The molecule has 1 aromatic heterocycles. The molecular formula is C12H11F3N2O. The van der Waals surface area contributed by atoms with E-state index in [0.717, 1.165) is 6.92 Å². The molecule has 0 saturated heterocycles. The molecule has 2 N–H and O–H groups in total. The van der Waals surface area contributed by atoms with Gasteiger partial charge in [-0.25, -0.2) is 0 Å². The number of pyridine rings is 1. The van der Waals surface area contributed by atoms with Crippen LogP contribution in [-0.4, -0.2) is 17.3 Å². The zero-order valence-corrected chi connectivity index (χ0v) is 9.53.